The fourth-order valence-corrected chi connectivity index (χ4v) is 5.39. The monoisotopic (exact) mass is 524 g/mol. The number of carbonyl (C=O) groups excluding carboxylic acids is 1. The number of hydrogen-bond acceptors (Lipinski definition) is 6. The lowest BCUT2D eigenvalue weighted by Crippen LogP contribution is -2.33. The molecule has 5 rings (SSSR count). The third kappa shape index (κ3) is 5.36. The molecule has 0 aliphatic carbocycles. The van der Waals surface area contributed by atoms with Gasteiger partial charge in [-0.25, -0.2) is 0 Å². The van der Waals surface area contributed by atoms with Crippen molar-refractivity contribution in [1.29, 1.82) is 0 Å². The average molecular weight is 525 g/mol. The molecule has 8 heteroatoms. The van der Waals surface area contributed by atoms with Gasteiger partial charge in [0.15, 0.2) is 0 Å². The van der Waals surface area contributed by atoms with E-state index in [0.717, 1.165) is 39.2 Å². The summed E-state index contributed by atoms with van der Waals surface area (Å²) in [5.41, 5.74) is 8.21. The van der Waals surface area contributed by atoms with Crippen LogP contribution in [0.5, 0.6) is 0 Å². The lowest BCUT2D eigenvalue weighted by Gasteiger charge is -2.25. The Morgan fingerprint density at radius 1 is 1.05 bits per heavy atom. The number of carbonyl (C=O) groups is 2. The van der Waals surface area contributed by atoms with Crippen LogP contribution in [-0.2, 0) is 16.0 Å². The Labute approximate surface area is 227 Å². The molecular weight excluding hydrogens is 492 g/mol. The van der Waals surface area contributed by atoms with Crippen LogP contribution in [0.4, 0.5) is 11.4 Å². The number of carboxylic acids is 1. The summed E-state index contributed by atoms with van der Waals surface area (Å²) in [5.74, 6) is -0.416. The first kappa shape index (κ1) is 26.0. The predicted octanol–water partition coefficient (Wildman–Crippen LogP) is 5.37. The normalized spacial score (nSPS) is 15.0. The Hall–Kier alpha value is -4.59. The van der Waals surface area contributed by atoms with Gasteiger partial charge in [0.25, 0.3) is 0 Å². The highest BCUT2D eigenvalue weighted by Gasteiger charge is 2.35. The number of anilines is 2. The standard InChI is InChI=1S/C31H32N4O4/c1-18-10-12-24(19(2)14-18)30(23-8-6-5-7-9-23)33-27(36)16-22-11-13-26-25(15-22)32-31(35(26)17-28(37)38)29-20(3)34-39-21(29)4/h5-15,30-32H,16-17H2,1-4H3,(H,33,36)(H,37,38). The smallest absolute Gasteiger partial charge is 0.323 e. The zero-order chi connectivity index (χ0) is 27.7. The summed E-state index contributed by atoms with van der Waals surface area (Å²) < 4.78 is 5.34. The van der Waals surface area contributed by atoms with Crippen LogP contribution in [0.25, 0.3) is 0 Å². The molecule has 200 valence electrons. The minimum Gasteiger partial charge on any atom is -0.480 e. The van der Waals surface area contributed by atoms with Crippen molar-refractivity contribution in [1.82, 2.24) is 10.5 Å². The van der Waals surface area contributed by atoms with Crippen molar-refractivity contribution in [2.75, 3.05) is 16.8 Å². The Morgan fingerprint density at radius 3 is 2.49 bits per heavy atom. The highest BCUT2D eigenvalue weighted by molar-refractivity contribution is 5.85. The molecule has 0 saturated heterocycles. The number of aryl methyl sites for hydroxylation is 4. The number of rotatable bonds is 8. The highest BCUT2D eigenvalue weighted by atomic mass is 16.5. The SMILES string of the molecule is Cc1ccc(C(NC(=O)Cc2ccc3c(c2)NC(c2c(C)noc2C)N3CC(=O)O)c2ccccc2)c(C)c1. The van der Waals surface area contributed by atoms with Crippen molar-refractivity contribution in [3.8, 4) is 0 Å². The summed E-state index contributed by atoms with van der Waals surface area (Å²) in [6, 6.07) is 21.6. The number of nitrogens with one attached hydrogen (secondary N) is 2. The van der Waals surface area contributed by atoms with Crippen molar-refractivity contribution < 1.29 is 19.2 Å². The number of fused-ring (bicyclic) bond motifs is 1. The molecule has 8 nitrogen and oxygen atoms in total. The second kappa shape index (κ2) is 10.6. The molecule has 1 aromatic heterocycles. The quantitative estimate of drug-likeness (QED) is 0.284. The molecule has 0 fully saturated rings. The molecule has 1 amide bonds. The van der Waals surface area contributed by atoms with Crippen LogP contribution in [0.15, 0.2) is 71.3 Å². The van der Waals surface area contributed by atoms with Crippen LogP contribution in [0, 0.1) is 27.7 Å². The number of aliphatic carboxylic acids is 1. The zero-order valence-electron chi connectivity index (χ0n) is 22.5. The number of benzene rings is 3. The lowest BCUT2D eigenvalue weighted by atomic mass is 9.93. The largest absolute Gasteiger partial charge is 0.480 e. The molecule has 2 heterocycles. The van der Waals surface area contributed by atoms with Crippen molar-refractivity contribution in [2.45, 2.75) is 46.3 Å². The van der Waals surface area contributed by atoms with Crippen LogP contribution < -0.4 is 15.5 Å². The maximum absolute atomic E-state index is 13.4. The van der Waals surface area contributed by atoms with Crippen molar-refractivity contribution in [3.63, 3.8) is 0 Å². The van der Waals surface area contributed by atoms with Gasteiger partial charge in [0, 0.05) is 0 Å². The van der Waals surface area contributed by atoms with E-state index in [-0.39, 0.29) is 24.9 Å². The van der Waals surface area contributed by atoms with E-state index in [1.807, 2.05) is 62.4 Å². The van der Waals surface area contributed by atoms with Gasteiger partial charge in [-0.3, -0.25) is 9.59 Å². The van der Waals surface area contributed by atoms with Gasteiger partial charge in [-0.05, 0) is 62.1 Å². The van der Waals surface area contributed by atoms with E-state index < -0.39 is 12.1 Å². The molecule has 39 heavy (non-hydrogen) atoms. The van der Waals surface area contributed by atoms with Crippen LogP contribution in [0.1, 0.15) is 57.0 Å². The first-order valence-electron chi connectivity index (χ1n) is 12.9. The highest BCUT2D eigenvalue weighted by Crippen LogP contribution is 2.43. The molecule has 1 aliphatic rings. The Balaban J connectivity index is 1.39. The maximum Gasteiger partial charge on any atom is 0.323 e. The molecule has 2 atom stereocenters. The number of carboxylic acid groups (broad SMARTS) is 1. The minimum absolute atomic E-state index is 0.105. The second-order valence-electron chi connectivity index (χ2n) is 10.1. The number of nitrogens with zero attached hydrogens (tertiary/aromatic N) is 2. The average Bonchev–Trinajstić information content (AvgIpc) is 3.40. The Morgan fingerprint density at radius 2 is 1.82 bits per heavy atom. The van der Waals surface area contributed by atoms with E-state index in [1.165, 1.54) is 5.56 Å². The molecule has 0 saturated carbocycles. The van der Waals surface area contributed by atoms with Gasteiger partial charge >= 0.3 is 5.97 Å². The van der Waals surface area contributed by atoms with Gasteiger partial charge in [0.2, 0.25) is 5.91 Å². The summed E-state index contributed by atoms with van der Waals surface area (Å²) in [7, 11) is 0. The summed E-state index contributed by atoms with van der Waals surface area (Å²) in [6.45, 7) is 7.58. The summed E-state index contributed by atoms with van der Waals surface area (Å²) in [5, 5.41) is 20.3. The first-order chi connectivity index (χ1) is 18.7. The van der Waals surface area contributed by atoms with Crippen molar-refractivity contribution >= 4 is 23.3 Å². The molecule has 0 bridgehead atoms. The summed E-state index contributed by atoms with van der Waals surface area (Å²) in [4.78, 5) is 26.8. The van der Waals surface area contributed by atoms with Crippen LogP contribution in [-0.4, -0.2) is 28.7 Å². The van der Waals surface area contributed by atoms with Gasteiger partial charge in [0.1, 0.15) is 18.5 Å². The second-order valence-corrected chi connectivity index (χ2v) is 10.1. The van der Waals surface area contributed by atoms with E-state index in [0.29, 0.717) is 11.5 Å². The van der Waals surface area contributed by atoms with E-state index in [1.54, 1.807) is 4.90 Å². The number of aromatic nitrogens is 1. The third-order valence-corrected chi connectivity index (χ3v) is 7.18. The van der Waals surface area contributed by atoms with Crippen LogP contribution in [0.2, 0.25) is 0 Å². The van der Waals surface area contributed by atoms with E-state index >= 15 is 0 Å². The van der Waals surface area contributed by atoms with Gasteiger partial charge < -0.3 is 25.2 Å². The topological polar surface area (TPSA) is 108 Å². The Bertz CT molecular complexity index is 1510. The molecule has 1 aliphatic heterocycles. The lowest BCUT2D eigenvalue weighted by molar-refractivity contribution is -0.135. The summed E-state index contributed by atoms with van der Waals surface area (Å²) in [6.07, 6.45) is -0.253. The fourth-order valence-electron chi connectivity index (χ4n) is 5.39. The maximum atomic E-state index is 13.4. The molecular formula is C31H32N4O4. The predicted molar refractivity (Wildman–Crippen MR) is 150 cm³/mol. The van der Waals surface area contributed by atoms with E-state index in [2.05, 4.69) is 47.8 Å². The zero-order valence-corrected chi connectivity index (χ0v) is 22.5. The van der Waals surface area contributed by atoms with Crippen LogP contribution >= 0.6 is 0 Å². The van der Waals surface area contributed by atoms with E-state index in [9.17, 15) is 14.7 Å². The van der Waals surface area contributed by atoms with E-state index in [4.69, 9.17) is 4.52 Å². The Kier molecular flexibility index (Phi) is 7.11. The molecule has 3 N–H and O–H groups in total. The molecule has 0 radical (unpaired) electrons. The first-order valence-corrected chi connectivity index (χ1v) is 12.9. The molecule has 4 aromatic rings. The number of hydrogen-bond donors (Lipinski definition) is 3. The van der Waals surface area contributed by atoms with Gasteiger partial charge in [-0.1, -0.05) is 65.3 Å². The van der Waals surface area contributed by atoms with Crippen molar-refractivity contribution in [2.24, 2.45) is 0 Å². The summed E-state index contributed by atoms with van der Waals surface area (Å²) >= 11 is 0. The van der Waals surface area contributed by atoms with Gasteiger partial charge in [0.05, 0.1) is 35.1 Å². The number of amides is 1. The third-order valence-electron chi connectivity index (χ3n) is 7.18. The minimum atomic E-state index is -0.941. The van der Waals surface area contributed by atoms with Gasteiger partial charge in [-0.15, -0.1) is 0 Å². The molecule has 2 unspecified atom stereocenters. The molecule has 0 spiro atoms. The fraction of sp³-hybridized carbons (Fsp3) is 0.258. The van der Waals surface area contributed by atoms with Crippen molar-refractivity contribution in [3.05, 3.63) is 112 Å². The van der Waals surface area contributed by atoms with Crippen LogP contribution in [0.3, 0.4) is 0 Å². The molecule has 3 aromatic carbocycles. The van der Waals surface area contributed by atoms with Gasteiger partial charge in [-0.2, -0.15) is 0 Å².